The van der Waals surface area contributed by atoms with Gasteiger partial charge in [-0.25, -0.2) is 4.98 Å². The van der Waals surface area contributed by atoms with E-state index in [1.165, 1.54) is 5.56 Å². The van der Waals surface area contributed by atoms with Gasteiger partial charge in [-0.2, -0.15) is 0 Å². The Hall–Kier alpha value is -4.19. The third-order valence-electron chi connectivity index (χ3n) is 7.41. The van der Waals surface area contributed by atoms with E-state index in [4.69, 9.17) is 9.72 Å². The number of aryl methyl sites for hydroxylation is 1. The molecule has 0 atom stereocenters. The lowest BCUT2D eigenvalue weighted by atomic mass is 9.94. The first-order valence-corrected chi connectivity index (χ1v) is 12.9. The smallest absolute Gasteiger partial charge is 0.256 e. The van der Waals surface area contributed by atoms with E-state index in [1.54, 1.807) is 4.90 Å². The number of amides is 1. The molecule has 3 aromatic carbocycles. The molecule has 6 heteroatoms. The number of nitrogens with one attached hydrogen (secondary N) is 1. The number of benzene rings is 3. The van der Waals surface area contributed by atoms with Gasteiger partial charge in [-0.3, -0.25) is 9.59 Å². The molecule has 2 aliphatic rings. The second-order valence-electron chi connectivity index (χ2n) is 9.95. The molecule has 1 saturated carbocycles. The third kappa shape index (κ3) is 4.79. The van der Waals surface area contributed by atoms with Gasteiger partial charge < -0.3 is 14.6 Å². The summed E-state index contributed by atoms with van der Waals surface area (Å²) >= 11 is 0. The summed E-state index contributed by atoms with van der Waals surface area (Å²) < 4.78 is 5.93. The van der Waals surface area contributed by atoms with Crippen LogP contribution in [0.3, 0.4) is 0 Å². The summed E-state index contributed by atoms with van der Waals surface area (Å²) in [5, 5.41) is 0. The lowest BCUT2D eigenvalue weighted by Crippen LogP contribution is -2.34. The highest BCUT2D eigenvalue weighted by Crippen LogP contribution is 2.51. The predicted octanol–water partition coefficient (Wildman–Crippen LogP) is 5.16. The monoisotopic (exact) mass is 491 g/mol. The number of carbonyl (C=O) groups excluding carboxylic acids is 1. The van der Waals surface area contributed by atoms with Crippen LogP contribution in [0.4, 0.5) is 0 Å². The molecule has 0 unspecified atom stereocenters. The van der Waals surface area contributed by atoms with E-state index in [9.17, 15) is 9.59 Å². The average Bonchev–Trinajstić information content (AvgIpc) is 3.75. The van der Waals surface area contributed by atoms with Crippen LogP contribution in [0.1, 0.15) is 47.5 Å². The van der Waals surface area contributed by atoms with Gasteiger partial charge in [0.2, 0.25) is 5.91 Å². The van der Waals surface area contributed by atoms with E-state index in [2.05, 4.69) is 17.1 Å². The number of para-hydroxylation sites is 1. The number of aromatic nitrogens is 2. The predicted molar refractivity (Wildman–Crippen MR) is 142 cm³/mol. The lowest BCUT2D eigenvalue weighted by molar-refractivity contribution is -0.131. The number of aromatic amines is 1. The van der Waals surface area contributed by atoms with Crippen LogP contribution in [-0.2, 0) is 29.6 Å². The van der Waals surface area contributed by atoms with Crippen molar-refractivity contribution in [2.24, 2.45) is 0 Å². The molecule has 1 fully saturated rings. The van der Waals surface area contributed by atoms with Gasteiger partial charge in [0, 0.05) is 6.54 Å². The zero-order valence-corrected chi connectivity index (χ0v) is 20.7. The molecule has 1 N–H and O–H groups in total. The maximum Gasteiger partial charge on any atom is 0.256 e. The average molecular weight is 492 g/mol. The molecule has 1 aromatic heterocycles. The molecule has 1 amide bonds. The molecule has 6 nitrogen and oxygen atoms in total. The molecule has 1 aliphatic heterocycles. The van der Waals surface area contributed by atoms with Gasteiger partial charge in [-0.05, 0) is 61.1 Å². The molecule has 6 rings (SSSR count). The van der Waals surface area contributed by atoms with Crippen LogP contribution in [-0.4, -0.2) is 27.3 Å². The fourth-order valence-electron chi connectivity index (χ4n) is 5.24. The fraction of sp³-hybridized carbons (Fsp3) is 0.258. The maximum absolute atomic E-state index is 13.3. The highest BCUT2D eigenvalue weighted by Gasteiger charge is 2.48. The van der Waals surface area contributed by atoms with Gasteiger partial charge in [0.1, 0.15) is 17.3 Å². The molecule has 4 aromatic rings. The molecule has 37 heavy (non-hydrogen) atoms. The normalized spacial score (nSPS) is 15.9. The van der Waals surface area contributed by atoms with Crippen LogP contribution in [0.15, 0.2) is 89.7 Å². The van der Waals surface area contributed by atoms with Gasteiger partial charge >= 0.3 is 0 Å². The summed E-state index contributed by atoms with van der Waals surface area (Å²) in [4.78, 5) is 36.4. The Kier molecular flexibility index (Phi) is 6.08. The SMILES string of the molecule is O=C(Cc1cccc(Oc2ccccc2)c1)N1CCCc2nc(C3(c4ccccc4)CC3)[nH]c(=O)c2C1. The van der Waals surface area contributed by atoms with Gasteiger partial charge in [0.25, 0.3) is 5.56 Å². The third-order valence-corrected chi connectivity index (χ3v) is 7.41. The Balaban J connectivity index is 1.19. The van der Waals surface area contributed by atoms with Crippen molar-refractivity contribution in [3.8, 4) is 11.5 Å². The summed E-state index contributed by atoms with van der Waals surface area (Å²) in [6.45, 7) is 0.892. The number of nitrogens with zero attached hydrogens (tertiary/aromatic N) is 2. The Bertz CT molecular complexity index is 1480. The summed E-state index contributed by atoms with van der Waals surface area (Å²) in [5.74, 6) is 2.20. The zero-order valence-electron chi connectivity index (χ0n) is 20.7. The van der Waals surface area contributed by atoms with Crippen molar-refractivity contribution < 1.29 is 9.53 Å². The number of hydrogen-bond donors (Lipinski definition) is 1. The van der Waals surface area contributed by atoms with Crippen LogP contribution in [0, 0.1) is 0 Å². The minimum atomic E-state index is -0.190. The fourth-order valence-corrected chi connectivity index (χ4v) is 5.24. The van der Waals surface area contributed by atoms with E-state index < -0.39 is 0 Å². The molecule has 2 heterocycles. The van der Waals surface area contributed by atoms with E-state index in [-0.39, 0.29) is 29.8 Å². The minimum absolute atomic E-state index is 0.00358. The Labute approximate surface area is 216 Å². The molecule has 0 spiro atoms. The van der Waals surface area contributed by atoms with Crippen molar-refractivity contribution in [1.29, 1.82) is 0 Å². The van der Waals surface area contributed by atoms with E-state index >= 15 is 0 Å². The number of fused-ring (bicyclic) bond motifs is 1. The summed E-state index contributed by atoms with van der Waals surface area (Å²) in [6.07, 6.45) is 3.69. The van der Waals surface area contributed by atoms with Crippen molar-refractivity contribution in [2.45, 2.75) is 44.1 Å². The van der Waals surface area contributed by atoms with E-state index in [1.807, 2.05) is 72.8 Å². The number of carbonyl (C=O) groups is 1. The van der Waals surface area contributed by atoms with Crippen LogP contribution in [0.25, 0.3) is 0 Å². The molecule has 0 saturated heterocycles. The van der Waals surface area contributed by atoms with Crippen LogP contribution in [0.2, 0.25) is 0 Å². The first-order valence-electron chi connectivity index (χ1n) is 12.9. The van der Waals surface area contributed by atoms with Crippen molar-refractivity contribution in [3.63, 3.8) is 0 Å². The number of H-pyrrole nitrogens is 1. The second-order valence-corrected chi connectivity index (χ2v) is 9.95. The number of hydrogen-bond acceptors (Lipinski definition) is 4. The summed E-state index contributed by atoms with van der Waals surface area (Å²) in [7, 11) is 0. The lowest BCUT2D eigenvalue weighted by Gasteiger charge is -2.21. The van der Waals surface area contributed by atoms with Gasteiger partial charge in [-0.1, -0.05) is 60.7 Å². The van der Waals surface area contributed by atoms with Crippen molar-refractivity contribution in [3.05, 3.63) is 123 Å². The molecular weight excluding hydrogens is 462 g/mol. The van der Waals surface area contributed by atoms with Gasteiger partial charge in [0.05, 0.1) is 29.6 Å². The van der Waals surface area contributed by atoms with E-state index in [0.717, 1.165) is 42.1 Å². The zero-order chi connectivity index (χ0) is 25.2. The first kappa shape index (κ1) is 23.2. The largest absolute Gasteiger partial charge is 0.457 e. The van der Waals surface area contributed by atoms with Crippen molar-refractivity contribution in [1.82, 2.24) is 14.9 Å². The standard InChI is InChI=1S/C31H29N3O3/c35-28(20-22-9-7-14-25(19-22)37-24-12-5-2-6-13-24)34-18-8-15-27-26(21-34)29(36)33-30(32-27)31(16-17-31)23-10-3-1-4-11-23/h1-7,9-14,19H,8,15-18,20-21H2,(H,32,33,36). The van der Waals surface area contributed by atoms with Crippen LogP contribution in [0.5, 0.6) is 11.5 Å². The highest BCUT2D eigenvalue weighted by atomic mass is 16.5. The Morgan fingerprint density at radius 1 is 0.946 bits per heavy atom. The highest BCUT2D eigenvalue weighted by molar-refractivity contribution is 5.79. The molecule has 0 bridgehead atoms. The quantitative estimate of drug-likeness (QED) is 0.404. The van der Waals surface area contributed by atoms with Gasteiger partial charge in [-0.15, -0.1) is 0 Å². The van der Waals surface area contributed by atoms with Crippen molar-refractivity contribution in [2.75, 3.05) is 6.54 Å². The summed E-state index contributed by atoms with van der Waals surface area (Å²) in [6, 6.07) is 27.5. The molecule has 186 valence electrons. The number of rotatable bonds is 6. The van der Waals surface area contributed by atoms with Crippen LogP contribution < -0.4 is 10.3 Å². The second kappa shape index (κ2) is 9.69. The summed E-state index contributed by atoms with van der Waals surface area (Å²) in [5.41, 5.74) is 3.20. The minimum Gasteiger partial charge on any atom is -0.457 e. The van der Waals surface area contributed by atoms with Gasteiger partial charge in [0.15, 0.2) is 0 Å². The number of ether oxygens (including phenoxy) is 1. The van der Waals surface area contributed by atoms with Crippen LogP contribution >= 0.6 is 0 Å². The molecular formula is C31H29N3O3. The van der Waals surface area contributed by atoms with Crippen molar-refractivity contribution >= 4 is 5.91 Å². The topological polar surface area (TPSA) is 75.3 Å². The molecule has 0 radical (unpaired) electrons. The molecule has 1 aliphatic carbocycles. The Morgan fingerprint density at radius 3 is 2.43 bits per heavy atom. The maximum atomic E-state index is 13.3. The van der Waals surface area contributed by atoms with E-state index in [0.29, 0.717) is 24.3 Å². The Morgan fingerprint density at radius 2 is 1.68 bits per heavy atom. The first-order chi connectivity index (χ1) is 18.1.